The van der Waals surface area contributed by atoms with Crippen LogP contribution >= 0.6 is 0 Å². The average Bonchev–Trinajstić information content (AvgIpc) is 2.52. The minimum absolute atomic E-state index is 0.0897. The first-order valence-electron chi connectivity index (χ1n) is 7.00. The smallest absolute Gasteiger partial charge is 0.269 e. The molecule has 0 N–H and O–H groups in total. The van der Waals surface area contributed by atoms with Gasteiger partial charge in [-0.25, -0.2) is 4.39 Å². The number of halogens is 1. The van der Waals surface area contributed by atoms with E-state index in [4.69, 9.17) is 4.84 Å². The van der Waals surface area contributed by atoms with Gasteiger partial charge in [-0.1, -0.05) is 47.6 Å². The molecule has 0 saturated heterocycles. The van der Waals surface area contributed by atoms with Gasteiger partial charge in [-0.15, -0.1) is 0 Å². The minimum Gasteiger partial charge on any atom is -0.384 e. The van der Waals surface area contributed by atoms with E-state index in [2.05, 4.69) is 5.16 Å². The lowest BCUT2D eigenvalue weighted by Gasteiger charge is -2.27. The molecule has 1 aliphatic rings. The molecule has 0 saturated carbocycles. The van der Waals surface area contributed by atoms with Crippen LogP contribution in [0, 0.1) is 5.82 Å². The van der Waals surface area contributed by atoms with E-state index in [1.54, 1.807) is 17.0 Å². The van der Waals surface area contributed by atoms with Crippen LogP contribution in [0.15, 0.2) is 59.8 Å². The third kappa shape index (κ3) is 3.31. The number of hydrogen-bond donors (Lipinski definition) is 0. The first-order valence-corrected chi connectivity index (χ1v) is 7.00. The van der Waals surface area contributed by atoms with Crippen molar-refractivity contribution in [3.8, 4) is 0 Å². The molecule has 2 aromatic rings. The van der Waals surface area contributed by atoms with Crippen LogP contribution < -0.4 is 0 Å². The normalized spacial score (nSPS) is 14.5. The highest BCUT2D eigenvalue weighted by Crippen LogP contribution is 2.14. The van der Waals surface area contributed by atoms with Crippen molar-refractivity contribution in [3.05, 3.63) is 71.5 Å². The molecule has 112 valence electrons. The molecule has 0 radical (unpaired) electrons. The Labute approximate surface area is 127 Å². The lowest BCUT2D eigenvalue weighted by Crippen LogP contribution is -2.42. The zero-order chi connectivity index (χ0) is 15.4. The van der Waals surface area contributed by atoms with Gasteiger partial charge in [0.05, 0.1) is 6.54 Å². The first kappa shape index (κ1) is 14.3. The van der Waals surface area contributed by atoms with Crippen molar-refractivity contribution in [2.75, 3.05) is 6.61 Å². The van der Waals surface area contributed by atoms with Gasteiger partial charge in [-0.2, -0.15) is 0 Å². The van der Waals surface area contributed by atoms with Crippen molar-refractivity contribution in [2.45, 2.75) is 13.0 Å². The molecule has 0 fully saturated rings. The van der Waals surface area contributed by atoms with E-state index in [1.807, 2.05) is 30.3 Å². The molecule has 0 atom stereocenters. The summed E-state index contributed by atoms with van der Waals surface area (Å²) in [7, 11) is 0. The number of hydrogen-bond acceptors (Lipinski definition) is 3. The Morgan fingerprint density at radius 2 is 1.86 bits per heavy atom. The zero-order valence-corrected chi connectivity index (χ0v) is 11.9. The summed E-state index contributed by atoms with van der Waals surface area (Å²) in [6.45, 7) is 0.194. The van der Waals surface area contributed by atoms with Gasteiger partial charge in [0.25, 0.3) is 5.91 Å². The van der Waals surface area contributed by atoms with Crippen LogP contribution in [0.3, 0.4) is 0 Å². The minimum atomic E-state index is -0.320. The van der Waals surface area contributed by atoms with Crippen molar-refractivity contribution < 1.29 is 14.0 Å². The topological polar surface area (TPSA) is 41.9 Å². The fourth-order valence-electron chi connectivity index (χ4n) is 2.34. The summed E-state index contributed by atoms with van der Waals surface area (Å²) in [5.41, 5.74) is 1.75. The summed E-state index contributed by atoms with van der Waals surface area (Å²) >= 11 is 0. The monoisotopic (exact) mass is 298 g/mol. The van der Waals surface area contributed by atoms with Crippen LogP contribution in [0.25, 0.3) is 0 Å². The molecule has 0 aliphatic carbocycles. The molecule has 2 aromatic carbocycles. The molecule has 0 spiro atoms. The molecule has 0 aromatic heterocycles. The van der Waals surface area contributed by atoms with Gasteiger partial charge in [-0.05, 0) is 23.3 Å². The third-order valence-electron chi connectivity index (χ3n) is 3.41. The van der Waals surface area contributed by atoms with E-state index in [-0.39, 0.29) is 24.9 Å². The van der Waals surface area contributed by atoms with Crippen molar-refractivity contribution in [1.29, 1.82) is 0 Å². The van der Waals surface area contributed by atoms with Crippen LogP contribution in [-0.4, -0.2) is 23.2 Å². The molecule has 4 nitrogen and oxygen atoms in total. The maximum absolute atomic E-state index is 13.3. The summed E-state index contributed by atoms with van der Waals surface area (Å²) in [5, 5.41) is 4.00. The number of amidine groups is 1. The van der Waals surface area contributed by atoms with Crippen molar-refractivity contribution in [1.82, 2.24) is 4.90 Å². The SMILES string of the molecule is O=C1CON=C(Cc2ccccc2)N1Cc1cccc(F)c1. The Morgan fingerprint density at radius 3 is 2.64 bits per heavy atom. The number of oxime groups is 1. The van der Waals surface area contributed by atoms with E-state index in [0.717, 1.165) is 11.1 Å². The quantitative estimate of drug-likeness (QED) is 0.871. The molecular weight excluding hydrogens is 283 g/mol. The zero-order valence-electron chi connectivity index (χ0n) is 11.9. The van der Waals surface area contributed by atoms with Gasteiger partial charge in [-0.3, -0.25) is 9.69 Å². The first-order chi connectivity index (χ1) is 10.7. The van der Waals surface area contributed by atoms with Gasteiger partial charge < -0.3 is 4.84 Å². The van der Waals surface area contributed by atoms with Crippen LogP contribution in [0.5, 0.6) is 0 Å². The number of carbonyl (C=O) groups is 1. The van der Waals surface area contributed by atoms with Crippen molar-refractivity contribution in [3.63, 3.8) is 0 Å². The van der Waals surface area contributed by atoms with Crippen molar-refractivity contribution in [2.24, 2.45) is 5.16 Å². The second kappa shape index (κ2) is 6.39. The summed E-state index contributed by atoms with van der Waals surface area (Å²) in [4.78, 5) is 18.6. The number of carbonyl (C=O) groups excluding carboxylic acids is 1. The van der Waals surface area contributed by atoms with E-state index in [1.165, 1.54) is 12.1 Å². The van der Waals surface area contributed by atoms with Gasteiger partial charge in [0.15, 0.2) is 12.4 Å². The lowest BCUT2D eigenvalue weighted by molar-refractivity contribution is -0.135. The van der Waals surface area contributed by atoms with E-state index in [9.17, 15) is 9.18 Å². The molecule has 1 heterocycles. The fourth-order valence-corrected chi connectivity index (χ4v) is 2.34. The van der Waals surface area contributed by atoms with E-state index < -0.39 is 0 Å². The summed E-state index contributed by atoms with van der Waals surface area (Å²) in [6, 6.07) is 15.9. The maximum Gasteiger partial charge on any atom is 0.269 e. The molecule has 22 heavy (non-hydrogen) atoms. The fraction of sp³-hybridized carbons (Fsp3) is 0.176. The average molecular weight is 298 g/mol. The number of nitrogens with zero attached hydrogens (tertiary/aromatic N) is 2. The Bertz CT molecular complexity index is 701. The highest BCUT2D eigenvalue weighted by atomic mass is 19.1. The van der Waals surface area contributed by atoms with E-state index in [0.29, 0.717) is 12.3 Å². The van der Waals surface area contributed by atoms with Gasteiger partial charge >= 0.3 is 0 Å². The maximum atomic E-state index is 13.3. The third-order valence-corrected chi connectivity index (χ3v) is 3.41. The van der Waals surface area contributed by atoms with Crippen LogP contribution in [0.4, 0.5) is 4.39 Å². The molecule has 1 aliphatic heterocycles. The van der Waals surface area contributed by atoms with E-state index >= 15 is 0 Å². The molecule has 1 amide bonds. The predicted molar refractivity (Wildman–Crippen MR) is 80.5 cm³/mol. The molecular formula is C17H15FN2O2. The van der Waals surface area contributed by atoms with Crippen LogP contribution in [-0.2, 0) is 22.6 Å². The standard InChI is InChI=1S/C17H15FN2O2/c18-15-8-4-7-14(9-15)11-20-16(19-22-12-17(20)21)10-13-5-2-1-3-6-13/h1-9H,10-12H2. The summed E-state index contributed by atoms with van der Waals surface area (Å²) in [5.74, 6) is 0.0386. The lowest BCUT2D eigenvalue weighted by atomic mass is 10.1. The van der Waals surface area contributed by atoms with Crippen LogP contribution in [0.2, 0.25) is 0 Å². The van der Waals surface area contributed by atoms with Crippen molar-refractivity contribution >= 4 is 11.7 Å². The van der Waals surface area contributed by atoms with Crippen LogP contribution in [0.1, 0.15) is 11.1 Å². The largest absolute Gasteiger partial charge is 0.384 e. The number of benzene rings is 2. The van der Waals surface area contributed by atoms with Gasteiger partial charge in [0.2, 0.25) is 0 Å². The predicted octanol–water partition coefficient (Wildman–Crippen LogP) is 2.74. The summed E-state index contributed by atoms with van der Waals surface area (Å²) in [6.07, 6.45) is 0.488. The Kier molecular flexibility index (Phi) is 4.14. The highest BCUT2D eigenvalue weighted by Gasteiger charge is 2.25. The Morgan fingerprint density at radius 1 is 1.09 bits per heavy atom. The Balaban J connectivity index is 1.81. The molecule has 5 heteroatoms. The molecule has 0 bridgehead atoms. The summed E-state index contributed by atoms with van der Waals surface area (Å²) < 4.78 is 13.3. The van der Waals surface area contributed by atoms with Gasteiger partial charge in [0, 0.05) is 6.42 Å². The Hall–Kier alpha value is -2.69. The number of amides is 1. The molecule has 0 unspecified atom stereocenters. The van der Waals surface area contributed by atoms with Gasteiger partial charge in [0.1, 0.15) is 5.82 Å². The highest BCUT2D eigenvalue weighted by molar-refractivity contribution is 6.00. The molecule has 3 rings (SSSR count). The second-order valence-electron chi connectivity index (χ2n) is 5.05. The second-order valence-corrected chi connectivity index (χ2v) is 5.05. The number of rotatable bonds is 4.